The van der Waals surface area contributed by atoms with E-state index in [1.165, 1.54) is 11.2 Å². The molecule has 0 saturated carbocycles. The molecule has 40 heavy (non-hydrogen) atoms. The number of likely N-dealkylation sites (tertiary alicyclic amines) is 1. The Kier molecular flexibility index (Phi) is 7.64. The van der Waals surface area contributed by atoms with E-state index in [0.29, 0.717) is 40.8 Å². The molecule has 3 aromatic heterocycles. The molecule has 1 aromatic carbocycles. The highest BCUT2D eigenvalue weighted by atomic mass is 16.5. The van der Waals surface area contributed by atoms with Gasteiger partial charge in [0.05, 0.1) is 43.8 Å². The van der Waals surface area contributed by atoms with Gasteiger partial charge in [-0.25, -0.2) is 4.98 Å². The molecule has 0 bridgehead atoms. The molecule has 4 heterocycles. The van der Waals surface area contributed by atoms with Gasteiger partial charge < -0.3 is 28.3 Å². The second kappa shape index (κ2) is 11.3. The van der Waals surface area contributed by atoms with Crippen LogP contribution < -0.4 is 9.47 Å². The summed E-state index contributed by atoms with van der Waals surface area (Å²) in [5, 5.41) is 11.6. The first kappa shape index (κ1) is 27.1. The fourth-order valence-electron chi connectivity index (χ4n) is 5.14. The number of furan rings is 1. The van der Waals surface area contributed by atoms with Gasteiger partial charge in [0.1, 0.15) is 17.1 Å². The summed E-state index contributed by atoms with van der Waals surface area (Å²) in [5.41, 5.74) is 3.02. The van der Waals surface area contributed by atoms with E-state index >= 15 is 0 Å². The van der Waals surface area contributed by atoms with Crippen molar-refractivity contribution in [3.8, 4) is 11.5 Å². The second-order valence-corrected chi connectivity index (χ2v) is 9.90. The quantitative estimate of drug-likeness (QED) is 0.118. The van der Waals surface area contributed by atoms with Crippen molar-refractivity contribution in [2.75, 3.05) is 13.7 Å². The van der Waals surface area contributed by atoms with E-state index < -0.39 is 17.7 Å². The van der Waals surface area contributed by atoms with Crippen LogP contribution >= 0.6 is 0 Å². The number of imidazole rings is 1. The zero-order valence-corrected chi connectivity index (χ0v) is 23.1. The first-order valence-corrected chi connectivity index (χ1v) is 13.4. The summed E-state index contributed by atoms with van der Waals surface area (Å²) in [6, 6.07) is 11.7. The molecule has 1 amide bonds. The van der Waals surface area contributed by atoms with Crippen LogP contribution in [0, 0.1) is 13.8 Å². The predicted octanol–water partition coefficient (Wildman–Crippen LogP) is 5.74. The summed E-state index contributed by atoms with van der Waals surface area (Å²) in [6.45, 7) is 6.46. The van der Waals surface area contributed by atoms with E-state index in [9.17, 15) is 14.7 Å². The average Bonchev–Trinajstić information content (AvgIpc) is 3.66. The van der Waals surface area contributed by atoms with Gasteiger partial charge in [0.25, 0.3) is 11.7 Å². The number of amides is 1. The SMILES string of the molecule is CCCCCOc1ccc(C2C(=C(O)c3nc4c(C)cccn4c3C)C(=O)C(=O)N2Cc2ccco2)cc1OC. The van der Waals surface area contributed by atoms with Crippen molar-refractivity contribution >= 4 is 23.1 Å². The summed E-state index contributed by atoms with van der Waals surface area (Å²) in [5.74, 6) is -0.311. The standard InChI is InChI=1S/C31H33N3O6/c1-5-6-7-15-40-23-13-12-21(17-24(23)38-4)27-25(29(36)31(37)34(27)18-22-11-9-16-39-22)28(35)26-20(3)33-14-8-10-19(2)30(33)32-26/h8-14,16-17,27,35H,5-7,15,18H2,1-4H3. The molecule has 0 radical (unpaired) electrons. The molecular formula is C31H33N3O6. The number of nitrogens with zero attached hydrogens (tertiary/aromatic N) is 3. The summed E-state index contributed by atoms with van der Waals surface area (Å²) < 4.78 is 18.9. The minimum absolute atomic E-state index is 0.0415. The van der Waals surface area contributed by atoms with Crippen molar-refractivity contribution in [2.24, 2.45) is 0 Å². The minimum atomic E-state index is -0.904. The van der Waals surface area contributed by atoms with Crippen LogP contribution in [0.4, 0.5) is 0 Å². The van der Waals surface area contributed by atoms with Crippen LogP contribution in [0.25, 0.3) is 11.4 Å². The first-order valence-electron chi connectivity index (χ1n) is 13.4. The molecule has 1 atom stereocenters. The number of fused-ring (bicyclic) bond motifs is 1. The van der Waals surface area contributed by atoms with Crippen molar-refractivity contribution < 1.29 is 28.6 Å². The number of ketones is 1. The topological polar surface area (TPSA) is 107 Å². The summed E-state index contributed by atoms with van der Waals surface area (Å²) >= 11 is 0. The van der Waals surface area contributed by atoms with E-state index in [2.05, 4.69) is 11.9 Å². The molecule has 0 aliphatic carbocycles. The zero-order valence-electron chi connectivity index (χ0n) is 23.1. The van der Waals surface area contributed by atoms with Crippen molar-refractivity contribution in [3.63, 3.8) is 0 Å². The summed E-state index contributed by atoms with van der Waals surface area (Å²) in [7, 11) is 1.54. The van der Waals surface area contributed by atoms with Crippen molar-refractivity contribution in [2.45, 2.75) is 52.6 Å². The number of Topliss-reactive ketones (excluding diaryl/α,β-unsaturated/α-hetero) is 1. The van der Waals surface area contributed by atoms with Gasteiger partial charge in [-0.15, -0.1) is 0 Å². The van der Waals surface area contributed by atoms with Crippen LogP contribution in [0.3, 0.4) is 0 Å². The Morgan fingerprint density at radius 3 is 2.62 bits per heavy atom. The largest absolute Gasteiger partial charge is 0.505 e. The van der Waals surface area contributed by atoms with Crippen LogP contribution in [0.5, 0.6) is 11.5 Å². The number of rotatable bonds is 10. The number of aromatic nitrogens is 2. The summed E-state index contributed by atoms with van der Waals surface area (Å²) in [4.78, 5) is 33.0. The second-order valence-electron chi connectivity index (χ2n) is 9.90. The van der Waals surface area contributed by atoms with Crippen molar-refractivity contribution in [3.05, 3.63) is 88.8 Å². The Morgan fingerprint density at radius 1 is 1.10 bits per heavy atom. The van der Waals surface area contributed by atoms with Gasteiger partial charge in [0.2, 0.25) is 0 Å². The van der Waals surface area contributed by atoms with E-state index in [1.807, 2.05) is 36.6 Å². The Balaban J connectivity index is 1.63. The molecule has 1 N–H and O–H groups in total. The molecule has 1 unspecified atom stereocenters. The highest BCUT2D eigenvalue weighted by Crippen LogP contribution is 2.43. The van der Waals surface area contributed by atoms with Gasteiger partial charge in [-0.1, -0.05) is 31.9 Å². The number of aliphatic hydroxyl groups is 1. The maximum absolute atomic E-state index is 13.5. The lowest BCUT2D eigenvalue weighted by molar-refractivity contribution is -0.140. The van der Waals surface area contributed by atoms with E-state index in [4.69, 9.17) is 13.9 Å². The third kappa shape index (κ3) is 4.83. The third-order valence-electron chi connectivity index (χ3n) is 7.26. The van der Waals surface area contributed by atoms with E-state index in [0.717, 1.165) is 24.8 Å². The molecule has 9 nitrogen and oxygen atoms in total. The molecule has 9 heteroatoms. The highest BCUT2D eigenvalue weighted by Gasteiger charge is 2.47. The monoisotopic (exact) mass is 543 g/mol. The molecule has 1 saturated heterocycles. The smallest absolute Gasteiger partial charge is 0.296 e. The van der Waals surface area contributed by atoms with Crippen LogP contribution in [-0.2, 0) is 16.1 Å². The van der Waals surface area contributed by atoms with Crippen molar-refractivity contribution in [1.29, 1.82) is 0 Å². The van der Waals surface area contributed by atoms with Gasteiger partial charge in [-0.05, 0) is 61.7 Å². The van der Waals surface area contributed by atoms with Crippen molar-refractivity contribution in [1.82, 2.24) is 14.3 Å². The van der Waals surface area contributed by atoms with Crippen LogP contribution in [0.2, 0.25) is 0 Å². The average molecular weight is 544 g/mol. The number of carbonyl (C=O) groups excluding carboxylic acids is 2. The molecule has 1 fully saturated rings. The minimum Gasteiger partial charge on any atom is -0.505 e. The lowest BCUT2D eigenvalue weighted by atomic mass is 9.96. The Hall–Kier alpha value is -4.53. The first-order chi connectivity index (χ1) is 19.3. The maximum atomic E-state index is 13.5. The number of aliphatic hydroxyl groups excluding tert-OH is 1. The van der Waals surface area contributed by atoms with Crippen LogP contribution in [0.15, 0.2) is 64.9 Å². The molecule has 4 aromatic rings. The zero-order chi connectivity index (χ0) is 28.4. The van der Waals surface area contributed by atoms with Gasteiger partial charge in [-0.2, -0.15) is 0 Å². The van der Waals surface area contributed by atoms with Crippen LogP contribution in [-0.4, -0.2) is 44.8 Å². The Bertz CT molecular complexity index is 1580. The van der Waals surface area contributed by atoms with Gasteiger partial charge >= 0.3 is 0 Å². The number of methoxy groups -OCH3 is 1. The Labute approximate surface area is 232 Å². The molecule has 1 aliphatic heterocycles. The number of unbranched alkanes of at least 4 members (excludes halogenated alkanes) is 2. The fraction of sp³-hybridized carbons (Fsp3) is 0.323. The molecule has 5 rings (SSSR count). The van der Waals surface area contributed by atoms with Gasteiger partial charge in [0.15, 0.2) is 17.3 Å². The predicted molar refractivity (Wildman–Crippen MR) is 149 cm³/mol. The number of aryl methyl sites for hydroxylation is 2. The van der Waals surface area contributed by atoms with Gasteiger partial charge in [-0.3, -0.25) is 9.59 Å². The normalized spacial score (nSPS) is 16.7. The third-order valence-corrected chi connectivity index (χ3v) is 7.26. The highest BCUT2D eigenvalue weighted by molar-refractivity contribution is 6.46. The van der Waals surface area contributed by atoms with Crippen LogP contribution in [0.1, 0.15) is 60.5 Å². The summed E-state index contributed by atoms with van der Waals surface area (Å²) in [6.07, 6.45) is 6.42. The lowest BCUT2D eigenvalue weighted by Gasteiger charge is -2.25. The molecule has 208 valence electrons. The fourth-order valence-corrected chi connectivity index (χ4v) is 5.14. The maximum Gasteiger partial charge on any atom is 0.296 e. The Morgan fingerprint density at radius 2 is 1.93 bits per heavy atom. The number of pyridine rings is 1. The number of hydrogen-bond acceptors (Lipinski definition) is 7. The number of hydrogen-bond donors (Lipinski definition) is 1. The molecular weight excluding hydrogens is 510 g/mol. The van der Waals surface area contributed by atoms with E-state index in [1.54, 1.807) is 37.4 Å². The number of benzene rings is 1. The van der Waals surface area contributed by atoms with Gasteiger partial charge in [0, 0.05) is 6.20 Å². The molecule has 1 aliphatic rings. The number of ether oxygens (including phenoxy) is 2. The number of carbonyl (C=O) groups is 2. The van der Waals surface area contributed by atoms with E-state index in [-0.39, 0.29) is 23.6 Å². The molecule has 0 spiro atoms. The lowest BCUT2D eigenvalue weighted by Crippen LogP contribution is -2.29.